The van der Waals surface area contributed by atoms with Gasteiger partial charge in [-0.25, -0.2) is 0 Å². The third-order valence-electron chi connectivity index (χ3n) is 2.71. The molecule has 1 heterocycles. The summed E-state index contributed by atoms with van der Waals surface area (Å²) < 4.78 is 14.3. The van der Waals surface area contributed by atoms with Gasteiger partial charge < -0.3 is 34.1 Å². The third kappa shape index (κ3) is 3.42. The minimum Gasteiger partial charge on any atom is -0.790 e. The van der Waals surface area contributed by atoms with E-state index in [9.17, 15) is 24.6 Å². The van der Waals surface area contributed by atoms with Crippen LogP contribution in [0, 0.1) is 0 Å². The van der Waals surface area contributed by atoms with Crippen LogP contribution >= 0.6 is 7.82 Å². The molecule has 7 nitrogen and oxygen atoms in total. The molecule has 0 aliphatic heterocycles. The molecule has 0 aliphatic carbocycles. The highest BCUT2D eigenvalue weighted by Gasteiger charge is 2.21. The van der Waals surface area contributed by atoms with E-state index in [1.807, 2.05) is 0 Å². The van der Waals surface area contributed by atoms with Gasteiger partial charge in [-0.05, 0) is 6.07 Å². The number of aromatic amines is 1. The van der Waals surface area contributed by atoms with Gasteiger partial charge in [-0.1, -0.05) is 18.2 Å². The van der Waals surface area contributed by atoms with E-state index < -0.39 is 26.6 Å². The molecule has 104 valence electrons. The van der Waals surface area contributed by atoms with Gasteiger partial charge in [0, 0.05) is 22.7 Å². The third-order valence-corrected chi connectivity index (χ3v) is 3.17. The number of para-hydroxylation sites is 1. The Labute approximate surface area is 108 Å². The largest absolute Gasteiger partial charge is 0.790 e. The Kier molecular flexibility index (Phi) is 4.05. The fourth-order valence-corrected chi connectivity index (χ4v) is 2.14. The van der Waals surface area contributed by atoms with Crippen molar-refractivity contribution in [1.82, 2.24) is 4.98 Å². The number of phosphoric acid groups is 1. The summed E-state index contributed by atoms with van der Waals surface area (Å²) in [6.45, 7) is -0.787. The highest BCUT2D eigenvalue weighted by Crippen LogP contribution is 2.29. The van der Waals surface area contributed by atoms with Gasteiger partial charge in [0.1, 0.15) is 12.2 Å². The Balaban J connectivity index is 2.15. The summed E-state index contributed by atoms with van der Waals surface area (Å²) in [5.74, 6) is 0. The molecule has 0 saturated carbocycles. The second-order valence-corrected chi connectivity index (χ2v) is 5.20. The molecule has 0 fully saturated rings. The first-order chi connectivity index (χ1) is 8.88. The number of fused-ring (bicyclic) bond motifs is 1. The molecule has 0 aliphatic rings. The number of aromatic nitrogens is 1. The van der Waals surface area contributed by atoms with Crippen molar-refractivity contribution in [1.29, 1.82) is 0 Å². The van der Waals surface area contributed by atoms with Crippen LogP contribution in [0.25, 0.3) is 10.9 Å². The van der Waals surface area contributed by atoms with Crippen LogP contribution in [0.3, 0.4) is 0 Å². The van der Waals surface area contributed by atoms with Gasteiger partial charge in [0.05, 0.1) is 14.4 Å². The molecule has 3 N–H and O–H groups in total. The maximum atomic E-state index is 10.3. The van der Waals surface area contributed by atoms with Crippen molar-refractivity contribution in [2.75, 3.05) is 6.61 Å². The number of benzene rings is 1. The normalized spacial score (nSPS) is 15.6. The quantitative estimate of drug-likeness (QED) is 0.629. The lowest BCUT2D eigenvalue weighted by atomic mass is 10.0. The maximum Gasteiger partial charge on any atom is 0.109 e. The molecule has 0 bridgehead atoms. The SMILES string of the molecule is O=P([O-])([O-])OC[C@@H](O)[C@@H](O)c1c[nH]c2ccccc12. The molecule has 2 atom stereocenters. The van der Waals surface area contributed by atoms with Gasteiger partial charge in [0.25, 0.3) is 0 Å². The zero-order chi connectivity index (χ0) is 14.0. The van der Waals surface area contributed by atoms with E-state index in [1.54, 1.807) is 24.3 Å². The lowest BCUT2D eigenvalue weighted by Crippen LogP contribution is -2.27. The lowest BCUT2D eigenvalue weighted by Gasteiger charge is -2.30. The number of aliphatic hydroxyl groups excluding tert-OH is 2. The van der Waals surface area contributed by atoms with E-state index in [-0.39, 0.29) is 0 Å². The van der Waals surface area contributed by atoms with Crippen molar-refractivity contribution in [2.24, 2.45) is 0 Å². The van der Waals surface area contributed by atoms with Gasteiger partial charge >= 0.3 is 0 Å². The summed E-state index contributed by atoms with van der Waals surface area (Å²) in [6.07, 6.45) is -1.37. The summed E-state index contributed by atoms with van der Waals surface area (Å²) in [4.78, 5) is 23.5. The number of hydrogen-bond acceptors (Lipinski definition) is 6. The fourth-order valence-electron chi connectivity index (χ4n) is 1.80. The van der Waals surface area contributed by atoms with Crippen LogP contribution in [0.1, 0.15) is 11.7 Å². The van der Waals surface area contributed by atoms with E-state index in [0.717, 1.165) is 5.52 Å². The van der Waals surface area contributed by atoms with Crippen molar-refractivity contribution >= 4 is 18.7 Å². The molecule has 2 rings (SSSR count). The molecule has 8 heteroatoms. The molecule has 0 radical (unpaired) electrons. The summed E-state index contributed by atoms with van der Waals surface area (Å²) in [7, 11) is -5.16. The molecule has 19 heavy (non-hydrogen) atoms. The number of phosphoric ester groups is 1. The summed E-state index contributed by atoms with van der Waals surface area (Å²) in [5, 5.41) is 20.2. The summed E-state index contributed by atoms with van der Waals surface area (Å²) in [6, 6.07) is 7.10. The monoisotopic (exact) mass is 285 g/mol. The van der Waals surface area contributed by atoms with Gasteiger partial charge in [0.15, 0.2) is 0 Å². The van der Waals surface area contributed by atoms with Gasteiger partial charge in [-0.3, -0.25) is 0 Å². The highest BCUT2D eigenvalue weighted by atomic mass is 31.2. The van der Waals surface area contributed by atoms with Crippen LogP contribution in [-0.4, -0.2) is 27.9 Å². The molecule has 1 aromatic carbocycles. The topological polar surface area (TPSA) is 129 Å². The molecule has 0 unspecified atom stereocenters. The maximum absolute atomic E-state index is 10.3. The number of hydrogen-bond donors (Lipinski definition) is 3. The van der Waals surface area contributed by atoms with Crippen LogP contribution in [0.15, 0.2) is 30.5 Å². The first kappa shape index (κ1) is 14.2. The average Bonchev–Trinajstić information content (AvgIpc) is 2.78. The average molecular weight is 285 g/mol. The van der Waals surface area contributed by atoms with Crippen LogP contribution in [0.5, 0.6) is 0 Å². The summed E-state index contributed by atoms with van der Waals surface area (Å²) in [5.41, 5.74) is 1.17. The van der Waals surface area contributed by atoms with Crippen molar-refractivity contribution < 1.29 is 29.1 Å². The Morgan fingerprint density at radius 3 is 2.68 bits per heavy atom. The van der Waals surface area contributed by atoms with E-state index in [4.69, 9.17) is 0 Å². The first-order valence-electron chi connectivity index (χ1n) is 5.47. The standard InChI is InChI=1S/C11H14NO6P/c13-10(6-18-19(15,16)17)11(14)8-5-12-9-4-2-1-3-7(8)9/h1-5,10-14H,6H2,(H2,15,16,17)/p-2/t10-,11+/m1/s1. The molecule has 0 amide bonds. The van der Waals surface area contributed by atoms with Crippen molar-refractivity contribution in [3.8, 4) is 0 Å². The Morgan fingerprint density at radius 1 is 1.32 bits per heavy atom. The molecule has 0 saturated heterocycles. The Bertz CT molecular complexity index is 606. The zero-order valence-corrected chi connectivity index (χ0v) is 10.6. The molecule has 2 aromatic rings. The van der Waals surface area contributed by atoms with Gasteiger partial charge in [-0.15, -0.1) is 0 Å². The minimum atomic E-state index is -5.16. The minimum absolute atomic E-state index is 0.401. The fraction of sp³-hybridized carbons (Fsp3) is 0.273. The second kappa shape index (κ2) is 5.42. The molecule has 0 spiro atoms. The number of aliphatic hydroxyl groups is 2. The van der Waals surface area contributed by atoms with Crippen LogP contribution in [-0.2, 0) is 9.09 Å². The van der Waals surface area contributed by atoms with Crippen molar-refractivity contribution in [3.05, 3.63) is 36.0 Å². The van der Waals surface area contributed by atoms with Crippen molar-refractivity contribution in [2.45, 2.75) is 12.2 Å². The van der Waals surface area contributed by atoms with Crippen molar-refractivity contribution in [3.63, 3.8) is 0 Å². The van der Waals surface area contributed by atoms with Crippen LogP contribution in [0.2, 0.25) is 0 Å². The second-order valence-electron chi connectivity index (χ2n) is 4.04. The Hall–Kier alpha value is -1.21. The predicted molar refractivity (Wildman–Crippen MR) is 62.8 cm³/mol. The number of rotatable bonds is 5. The molecular formula is C11H12NO6P-2. The molecular weight excluding hydrogens is 273 g/mol. The highest BCUT2D eigenvalue weighted by molar-refractivity contribution is 7.43. The smallest absolute Gasteiger partial charge is 0.109 e. The van der Waals surface area contributed by atoms with E-state index in [0.29, 0.717) is 10.9 Å². The van der Waals surface area contributed by atoms with Crippen LogP contribution < -0.4 is 9.79 Å². The van der Waals surface area contributed by atoms with Crippen LogP contribution in [0.4, 0.5) is 0 Å². The van der Waals surface area contributed by atoms with Gasteiger partial charge in [-0.2, -0.15) is 0 Å². The Morgan fingerprint density at radius 2 is 2.00 bits per heavy atom. The number of nitrogens with one attached hydrogen (secondary N) is 1. The zero-order valence-electron chi connectivity index (χ0n) is 9.72. The molecule has 1 aromatic heterocycles. The summed E-state index contributed by atoms with van der Waals surface area (Å²) >= 11 is 0. The first-order valence-corrected chi connectivity index (χ1v) is 6.93. The van der Waals surface area contributed by atoms with E-state index in [1.165, 1.54) is 6.20 Å². The number of H-pyrrole nitrogens is 1. The lowest BCUT2D eigenvalue weighted by molar-refractivity contribution is -0.343. The van der Waals surface area contributed by atoms with E-state index >= 15 is 0 Å². The van der Waals surface area contributed by atoms with Gasteiger partial charge in [0.2, 0.25) is 0 Å². The van der Waals surface area contributed by atoms with E-state index in [2.05, 4.69) is 9.51 Å². The predicted octanol–water partition coefficient (Wildman–Crippen LogP) is -0.593.